The fraction of sp³-hybridized carbons (Fsp3) is 0.286. The number of nitrogens with one attached hydrogen (secondary N) is 1. The van der Waals surface area contributed by atoms with E-state index in [1.54, 1.807) is 56.6 Å². The highest BCUT2D eigenvalue weighted by Gasteiger charge is 2.16. The second kappa shape index (κ2) is 11.2. The molecule has 0 aliphatic carbocycles. The summed E-state index contributed by atoms with van der Waals surface area (Å²) in [6.45, 7) is -0.206. The van der Waals surface area contributed by atoms with Gasteiger partial charge in [-0.05, 0) is 30.2 Å². The van der Waals surface area contributed by atoms with Crippen LogP contribution in [0.15, 0.2) is 53.4 Å². The largest absolute Gasteiger partial charge is 0.452 e. The fourth-order valence-corrected chi connectivity index (χ4v) is 3.35. The van der Waals surface area contributed by atoms with Crippen molar-refractivity contribution in [3.63, 3.8) is 0 Å². The molecule has 29 heavy (non-hydrogen) atoms. The molecule has 0 spiro atoms. The first-order valence-corrected chi connectivity index (χ1v) is 9.96. The summed E-state index contributed by atoms with van der Waals surface area (Å²) in [6.07, 6.45) is 0.339. The van der Waals surface area contributed by atoms with Crippen molar-refractivity contribution < 1.29 is 23.5 Å². The maximum Gasteiger partial charge on any atom is 0.339 e. The van der Waals surface area contributed by atoms with Gasteiger partial charge in [0.25, 0.3) is 5.91 Å². The molecule has 2 aromatic carbocycles. The zero-order chi connectivity index (χ0) is 21.2. The zero-order valence-corrected chi connectivity index (χ0v) is 17.1. The van der Waals surface area contributed by atoms with Crippen LogP contribution < -0.4 is 5.32 Å². The van der Waals surface area contributed by atoms with Crippen LogP contribution in [-0.2, 0) is 20.7 Å². The zero-order valence-electron chi connectivity index (χ0n) is 16.3. The molecule has 0 aromatic heterocycles. The first-order chi connectivity index (χ1) is 13.9. The van der Waals surface area contributed by atoms with Gasteiger partial charge >= 0.3 is 5.97 Å². The lowest BCUT2D eigenvalue weighted by Crippen LogP contribution is -2.30. The maximum atomic E-state index is 13.5. The maximum absolute atomic E-state index is 13.5. The number of halogens is 1. The van der Waals surface area contributed by atoms with Gasteiger partial charge in [-0.15, -0.1) is 11.8 Å². The molecule has 0 fully saturated rings. The number of carbonyl (C=O) groups is 3. The van der Waals surface area contributed by atoms with E-state index in [4.69, 9.17) is 4.74 Å². The van der Waals surface area contributed by atoms with Gasteiger partial charge in [-0.1, -0.05) is 30.3 Å². The molecule has 2 amide bonds. The number of ether oxygens (including phenoxy) is 1. The molecule has 2 aromatic rings. The predicted octanol–water partition coefficient (Wildman–Crippen LogP) is 2.52. The molecule has 0 radical (unpaired) electrons. The molecule has 0 bridgehead atoms. The van der Waals surface area contributed by atoms with Crippen LogP contribution in [0.5, 0.6) is 0 Å². The smallest absolute Gasteiger partial charge is 0.339 e. The first kappa shape index (κ1) is 22.4. The summed E-state index contributed by atoms with van der Waals surface area (Å²) in [6, 6.07) is 13.1. The van der Waals surface area contributed by atoms with Crippen molar-refractivity contribution in [1.29, 1.82) is 0 Å². The van der Waals surface area contributed by atoms with Gasteiger partial charge in [-0.3, -0.25) is 9.59 Å². The SMILES string of the molecule is CN(C)C(=O)CSc1ccccc1C(=O)OCC(=O)NCCc1ccccc1F. The Kier molecular flexibility index (Phi) is 8.67. The predicted molar refractivity (Wildman–Crippen MR) is 109 cm³/mol. The Labute approximate surface area is 173 Å². The molecule has 0 aliphatic heterocycles. The van der Waals surface area contributed by atoms with Crippen LogP contribution in [0.3, 0.4) is 0 Å². The average molecular weight is 418 g/mol. The molecule has 1 N–H and O–H groups in total. The summed E-state index contributed by atoms with van der Waals surface area (Å²) in [7, 11) is 3.32. The second-order valence-electron chi connectivity index (χ2n) is 6.34. The van der Waals surface area contributed by atoms with E-state index in [0.29, 0.717) is 22.4 Å². The highest BCUT2D eigenvalue weighted by molar-refractivity contribution is 8.00. The number of rotatable bonds is 9. The van der Waals surface area contributed by atoms with Crippen LogP contribution in [0.1, 0.15) is 15.9 Å². The summed E-state index contributed by atoms with van der Waals surface area (Å²) >= 11 is 1.23. The highest BCUT2D eigenvalue weighted by atomic mass is 32.2. The minimum absolute atomic E-state index is 0.0765. The van der Waals surface area contributed by atoms with E-state index >= 15 is 0 Å². The van der Waals surface area contributed by atoms with E-state index in [2.05, 4.69) is 5.32 Å². The van der Waals surface area contributed by atoms with Crippen molar-refractivity contribution in [2.45, 2.75) is 11.3 Å². The monoisotopic (exact) mass is 418 g/mol. The van der Waals surface area contributed by atoms with E-state index in [1.807, 2.05) is 0 Å². The standard InChI is InChI=1S/C21H23FN2O4S/c1-24(2)20(26)14-29-18-10-6-4-8-16(18)21(27)28-13-19(25)23-12-11-15-7-3-5-9-17(15)22/h3-10H,11-14H2,1-2H3,(H,23,25). The molecule has 0 atom stereocenters. The van der Waals surface area contributed by atoms with Crippen LogP contribution >= 0.6 is 11.8 Å². The van der Waals surface area contributed by atoms with E-state index in [0.717, 1.165) is 0 Å². The number of hydrogen-bond donors (Lipinski definition) is 1. The Morgan fingerprint density at radius 1 is 1.07 bits per heavy atom. The molecule has 2 rings (SSSR count). The number of nitrogens with zero attached hydrogens (tertiary/aromatic N) is 1. The summed E-state index contributed by atoms with van der Waals surface area (Å²) in [5, 5.41) is 2.59. The first-order valence-electron chi connectivity index (χ1n) is 8.97. The summed E-state index contributed by atoms with van der Waals surface area (Å²) in [5.74, 6) is -1.33. The number of amides is 2. The normalized spacial score (nSPS) is 10.3. The van der Waals surface area contributed by atoms with Crippen LogP contribution in [0.4, 0.5) is 4.39 Å². The van der Waals surface area contributed by atoms with Crippen molar-refractivity contribution in [1.82, 2.24) is 10.2 Å². The highest BCUT2D eigenvalue weighted by Crippen LogP contribution is 2.23. The van der Waals surface area contributed by atoms with Gasteiger partial charge in [-0.2, -0.15) is 0 Å². The lowest BCUT2D eigenvalue weighted by molar-refractivity contribution is -0.126. The minimum atomic E-state index is -0.644. The van der Waals surface area contributed by atoms with Crippen LogP contribution in [0, 0.1) is 5.82 Å². The Balaban J connectivity index is 1.82. The molecular formula is C21H23FN2O4S. The topological polar surface area (TPSA) is 75.7 Å². The van der Waals surface area contributed by atoms with Crippen molar-refractivity contribution in [2.75, 3.05) is 33.0 Å². The molecule has 0 aliphatic rings. The van der Waals surface area contributed by atoms with E-state index < -0.39 is 18.5 Å². The Bertz CT molecular complexity index is 873. The summed E-state index contributed by atoms with van der Waals surface area (Å²) in [5.41, 5.74) is 0.797. The molecule has 0 saturated heterocycles. The molecule has 6 nitrogen and oxygen atoms in total. The molecule has 8 heteroatoms. The third kappa shape index (κ3) is 7.23. The summed E-state index contributed by atoms with van der Waals surface area (Å²) < 4.78 is 18.6. The van der Waals surface area contributed by atoms with E-state index in [-0.39, 0.29) is 24.0 Å². The van der Waals surface area contributed by atoms with Crippen LogP contribution in [0.2, 0.25) is 0 Å². The van der Waals surface area contributed by atoms with Crippen molar-refractivity contribution in [3.8, 4) is 0 Å². The Hall–Kier alpha value is -2.87. The number of benzene rings is 2. The third-order valence-corrected chi connectivity index (χ3v) is 5.02. The molecule has 154 valence electrons. The molecule has 0 saturated carbocycles. The van der Waals surface area contributed by atoms with E-state index in [9.17, 15) is 18.8 Å². The quantitative estimate of drug-likeness (QED) is 0.500. The molecular weight excluding hydrogens is 395 g/mol. The number of esters is 1. The van der Waals surface area contributed by atoms with Crippen molar-refractivity contribution in [2.24, 2.45) is 0 Å². The van der Waals surface area contributed by atoms with Gasteiger partial charge in [0.1, 0.15) is 5.82 Å². The van der Waals surface area contributed by atoms with Gasteiger partial charge in [-0.25, -0.2) is 9.18 Å². The van der Waals surface area contributed by atoms with Crippen LogP contribution in [-0.4, -0.2) is 55.7 Å². The third-order valence-electron chi connectivity index (χ3n) is 3.97. The van der Waals surface area contributed by atoms with Gasteiger partial charge < -0.3 is 15.0 Å². The number of thioether (sulfide) groups is 1. The Morgan fingerprint density at radius 2 is 1.76 bits per heavy atom. The van der Waals surface area contributed by atoms with Gasteiger partial charge in [0.05, 0.1) is 11.3 Å². The van der Waals surface area contributed by atoms with Gasteiger partial charge in [0.2, 0.25) is 5.91 Å². The van der Waals surface area contributed by atoms with Crippen LogP contribution in [0.25, 0.3) is 0 Å². The minimum Gasteiger partial charge on any atom is -0.452 e. The van der Waals surface area contributed by atoms with Gasteiger partial charge in [0.15, 0.2) is 6.61 Å². The molecule has 0 heterocycles. The van der Waals surface area contributed by atoms with E-state index in [1.165, 1.54) is 22.7 Å². The lowest BCUT2D eigenvalue weighted by Gasteiger charge is -2.12. The lowest BCUT2D eigenvalue weighted by atomic mass is 10.1. The van der Waals surface area contributed by atoms with Crippen molar-refractivity contribution >= 4 is 29.5 Å². The Morgan fingerprint density at radius 3 is 2.48 bits per heavy atom. The molecule has 0 unspecified atom stereocenters. The van der Waals surface area contributed by atoms with Gasteiger partial charge in [0, 0.05) is 25.5 Å². The van der Waals surface area contributed by atoms with Crippen molar-refractivity contribution in [3.05, 3.63) is 65.5 Å². The average Bonchev–Trinajstić information content (AvgIpc) is 2.71. The fourth-order valence-electron chi connectivity index (χ4n) is 2.33. The summed E-state index contributed by atoms with van der Waals surface area (Å²) in [4.78, 5) is 38.0. The number of hydrogen-bond acceptors (Lipinski definition) is 5. The second-order valence-corrected chi connectivity index (χ2v) is 7.36. The number of carbonyl (C=O) groups excluding carboxylic acids is 3.